The van der Waals surface area contributed by atoms with Gasteiger partial charge in [-0.05, 0) is 72.6 Å². The van der Waals surface area contributed by atoms with Crippen LogP contribution in [0.4, 0.5) is 11.4 Å². The van der Waals surface area contributed by atoms with E-state index in [1.165, 1.54) is 10.9 Å². The van der Waals surface area contributed by atoms with Crippen LogP contribution in [0.5, 0.6) is 17.2 Å². The summed E-state index contributed by atoms with van der Waals surface area (Å²) in [4.78, 5) is 26.2. The largest absolute Gasteiger partial charge is 0.497 e. The van der Waals surface area contributed by atoms with Crippen molar-refractivity contribution in [1.29, 1.82) is 0 Å². The second kappa shape index (κ2) is 11.6. The summed E-state index contributed by atoms with van der Waals surface area (Å²) in [5, 5.41) is 10.9. The van der Waals surface area contributed by atoms with Crippen LogP contribution in [-0.4, -0.2) is 29.3 Å². The minimum atomic E-state index is -0.439. The fraction of sp³-hybridized carbons (Fsp3) is 0.179. The summed E-state index contributed by atoms with van der Waals surface area (Å²) in [7, 11) is 1.57. The van der Waals surface area contributed by atoms with Gasteiger partial charge in [0.25, 0.3) is 11.5 Å². The van der Waals surface area contributed by atoms with Crippen molar-refractivity contribution in [2.45, 2.75) is 13.8 Å². The zero-order valence-corrected chi connectivity index (χ0v) is 21.5. The van der Waals surface area contributed by atoms with Crippen LogP contribution in [0, 0.1) is 5.92 Å². The molecule has 8 nitrogen and oxygen atoms in total. The number of hydrogen-bond donors (Lipinski definition) is 2. The maximum atomic E-state index is 13.6. The predicted molar refractivity (Wildman–Crippen MR) is 145 cm³/mol. The highest BCUT2D eigenvalue weighted by molar-refractivity contribution is 6.30. The average molecular weight is 519 g/mol. The summed E-state index contributed by atoms with van der Waals surface area (Å²) < 4.78 is 12.5. The molecule has 1 heterocycles. The van der Waals surface area contributed by atoms with Crippen molar-refractivity contribution in [3.63, 3.8) is 0 Å². The van der Waals surface area contributed by atoms with E-state index in [0.29, 0.717) is 45.9 Å². The van der Waals surface area contributed by atoms with Gasteiger partial charge in [0, 0.05) is 22.8 Å². The molecule has 1 aromatic heterocycles. The molecule has 190 valence electrons. The number of carbonyl (C=O) groups is 1. The first kappa shape index (κ1) is 25.8. The monoisotopic (exact) mass is 518 g/mol. The number of nitrogens with one attached hydrogen (secondary N) is 2. The first-order valence-corrected chi connectivity index (χ1v) is 12.1. The standard InChI is InChI=1S/C28H27ClN4O4/c1-18(2)16-30-27(34)19-5-4-6-21(15-19)32-26-25(37-24-11-7-20(29)8-12-24)17-31-33(28(26)35)22-9-13-23(36-3)14-10-22/h4-15,17-18,32H,16H2,1-3H3,(H,30,34). The molecule has 3 aromatic carbocycles. The maximum absolute atomic E-state index is 13.6. The van der Waals surface area contributed by atoms with Gasteiger partial charge in [0.15, 0.2) is 11.4 Å². The van der Waals surface area contributed by atoms with E-state index in [2.05, 4.69) is 15.7 Å². The zero-order valence-electron chi connectivity index (χ0n) is 20.7. The van der Waals surface area contributed by atoms with Gasteiger partial charge in [0.2, 0.25) is 0 Å². The summed E-state index contributed by atoms with van der Waals surface area (Å²) in [5.41, 5.74) is 1.28. The van der Waals surface area contributed by atoms with Crippen LogP contribution in [0.1, 0.15) is 24.2 Å². The SMILES string of the molecule is COc1ccc(-n2ncc(Oc3ccc(Cl)cc3)c(Nc3cccc(C(=O)NCC(C)C)c3)c2=O)cc1. The van der Waals surface area contributed by atoms with Gasteiger partial charge in [-0.1, -0.05) is 31.5 Å². The van der Waals surface area contributed by atoms with Crippen LogP contribution in [0.15, 0.2) is 83.8 Å². The number of methoxy groups -OCH3 is 1. The number of benzene rings is 3. The lowest BCUT2D eigenvalue weighted by molar-refractivity contribution is 0.0949. The highest BCUT2D eigenvalue weighted by Crippen LogP contribution is 2.30. The van der Waals surface area contributed by atoms with Gasteiger partial charge in [0.1, 0.15) is 11.5 Å². The molecular formula is C28H27ClN4O4. The van der Waals surface area contributed by atoms with Gasteiger partial charge < -0.3 is 20.1 Å². The van der Waals surface area contributed by atoms with Crippen LogP contribution < -0.4 is 25.7 Å². The summed E-state index contributed by atoms with van der Waals surface area (Å²) in [6, 6.07) is 20.6. The van der Waals surface area contributed by atoms with Crippen LogP contribution in [0.25, 0.3) is 5.69 Å². The van der Waals surface area contributed by atoms with Gasteiger partial charge in [-0.25, -0.2) is 0 Å². The molecule has 1 amide bonds. The Bertz CT molecular complexity index is 1430. The smallest absolute Gasteiger partial charge is 0.299 e. The lowest BCUT2D eigenvalue weighted by atomic mass is 10.1. The topological polar surface area (TPSA) is 94.5 Å². The second-order valence-electron chi connectivity index (χ2n) is 8.66. The first-order valence-electron chi connectivity index (χ1n) is 11.7. The third-order valence-corrected chi connectivity index (χ3v) is 5.62. The van der Waals surface area contributed by atoms with Gasteiger partial charge in [-0.15, -0.1) is 0 Å². The number of anilines is 2. The minimum absolute atomic E-state index is 0.153. The van der Waals surface area contributed by atoms with E-state index in [0.717, 1.165) is 0 Å². The Hall–Kier alpha value is -4.30. The van der Waals surface area contributed by atoms with E-state index < -0.39 is 5.56 Å². The van der Waals surface area contributed by atoms with Gasteiger partial charge in [0.05, 0.1) is 19.0 Å². The third-order valence-electron chi connectivity index (χ3n) is 5.37. The molecule has 0 saturated heterocycles. The summed E-state index contributed by atoms with van der Waals surface area (Å²) >= 11 is 5.99. The van der Waals surface area contributed by atoms with Crippen LogP contribution in [-0.2, 0) is 0 Å². The van der Waals surface area contributed by atoms with E-state index in [1.807, 2.05) is 13.8 Å². The van der Waals surface area contributed by atoms with Crippen molar-refractivity contribution < 1.29 is 14.3 Å². The molecule has 0 unspecified atom stereocenters. The molecule has 9 heteroatoms. The fourth-order valence-corrected chi connectivity index (χ4v) is 3.58. The number of nitrogens with zero attached hydrogens (tertiary/aromatic N) is 2. The number of amides is 1. The quantitative estimate of drug-likeness (QED) is 0.290. The van der Waals surface area contributed by atoms with Gasteiger partial charge in [-0.3, -0.25) is 9.59 Å². The molecule has 0 spiro atoms. The lowest BCUT2D eigenvalue weighted by Crippen LogP contribution is -2.27. The second-order valence-corrected chi connectivity index (χ2v) is 9.10. The van der Waals surface area contributed by atoms with Crippen molar-refractivity contribution in [2.75, 3.05) is 19.0 Å². The van der Waals surface area contributed by atoms with E-state index in [4.69, 9.17) is 21.1 Å². The molecule has 0 saturated carbocycles. The van der Waals surface area contributed by atoms with Crippen molar-refractivity contribution in [2.24, 2.45) is 5.92 Å². The number of carbonyl (C=O) groups excluding carboxylic acids is 1. The summed E-state index contributed by atoms with van der Waals surface area (Å²) in [5.74, 6) is 1.49. The molecule has 4 rings (SSSR count). The molecule has 37 heavy (non-hydrogen) atoms. The highest BCUT2D eigenvalue weighted by atomic mass is 35.5. The van der Waals surface area contributed by atoms with Crippen molar-refractivity contribution >= 4 is 28.9 Å². The van der Waals surface area contributed by atoms with E-state index in [1.54, 1.807) is 79.9 Å². The van der Waals surface area contributed by atoms with Crippen LogP contribution in [0.3, 0.4) is 0 Å². The molecule has 0 radical (unpaired) electrons. The van der Waals surface area contributed by atoms with Crippen molar-refractivity contribution in [1.82, 2.24) is 15.1 Å². The van der Waals surface area contributed by atoms with E-state index >= 15 is 0 Å². The number of aromatic nitrogens is 2. The van der Waals surface area contributed by atoms with Gasteiger partial charge >= 0.3 is 0 Å². The normalized spacial score (nSPS) is 10.7. The Morgan fingerprint density at radius 2 is 1.73 bits per heavy atom. The molecular weight excluding hydrogens is 492 g/mol. The van der Waals surface area contributed by atoms with Crippen LogP contribution >= 0.6 is 11.6 Å². The van der Waals surface area contributed by atoms with Gasteiger partial charge in [-0.2, -0.15) is 9.78 Å². The molecule has 0 aliphatic carbocycles. The van der Waals surface area contributed by atoms with E-state index in [9.17, 15) is 9.59 Å². The van der Waals surface area contributed by atoms with Crippen molar-refractivity contribution in [3.8, 4) is 22.9 Å². The zero-order chi connectivity index (χ0) is 26.4. The summed E-state index contributed by atoms with van der Waals surface area (Å²) in [6.45, 7) is 4.61. The number of hydrogen-bond acceptors (Lipinski definition) is 6. The Labute approximate surface area is 219 Å². The Balaban J connectivity index is 1.72. The first-order chi connectivity index (χ1) is 17.8. The minimum Gasteiger partial charge on any atom is -0.497 e. The molecule has 0 aliphatic rings. The van der Waals surface area contributed by atoms with E-state index in [-0.39, 0.29) is 17.3 Å². The highest BCUT2D eigenvalue weighted by Gasteiger charge is 2.16. The Kier molecular flexibility index (Phi) is 8.10. The molecule has 2 N–H and O–H groups in total. The summed E-state index contributed by atoms with van der Waals surface area (Å²) in [6.07, 6.45) is 1.46. The third kappa shape index (κ3) is 6.48. The molecule has 0 aliphatic heterocycles. The number of rotatable bonds is 9. The Morgan fingerprint density at radius 1 is 1.03 bits per heavy atom. The lowest BCUT2D eigenvalue weighted by Gasteiger charge is -2.15. The van der Waals surface area contributed by atoms with Crippen molar-refractivity contribution in [3.05, 3.63) is 99.9 Å². The molecule has 0 fully saturated rings. The number of ether oxygens (including phenoxy) is 2. The molecule has 0 bridgehead atoms. The van der Waals surface area contributed by atoms with Crippen LogP contribution in [0.2, 0.25) is 5.02 Å². The average Bonchev–Trinajstić information content (AvgIpc) is 2.91. The molecule has 4 aromatic rings. The number of halogens is 1. The predicted octanol–water partition coefficient (Wildman–Crippen LogP) is 5.82. The maximum Gasteiger partial charge on any atom is 0.299 e. The molecule has 0 atom stereocenters. The Morgan fingerprint density at radius 3 is 2.41 bits per heavy atom. The fourth-order valence-electron chi connectivity index (χ4n) is 3.45.